The number of ether oxygens (including phenoxy) is 2. The normalized spacial score (nSPS) is 16.8. The van der Waals surface area contributed by atoms with Gasteiger partial charge in [0.1, 0.15) is 17.5 Å². The molecule has 3 rings (SSSR count). The van der Waals surface area contributed by atoms with Gasteiger partial charge in [-0.05, 0) is 43.2 Å². The number of amides is 2. The monoisotopic (exact) mass is 354 g/mol. The maximum atomic E-state index is 12.9. The van der Waals surface area contributed by atoms with Gasteiger partial charge in [0.15, 0.2) is 0 Å². The lowest BCUT2D eigenvalue weighted by atomic mass is 10.1. The Kier molecular flexibility index (Phi) is 4.84. The molecule has 0 aliphatic carbocycles. The summed E-state index contributed by atoms with van der Waals surface area (Å²) in [5.74, 6) is 0.453. The van der Waals surface area contributed by atoms with Crippen molar-refractivity contribution < 1.29 is 19.1 Å². The Labute approximate surface area is 152 Å². The summed E-state index contributed by atoms with van der Waals surface area (Å²) in [5, 5.41) is 3.21. The molecule has 0 aromatic heterocycles. The van der Waals surface area contributed by atoms with Gasteiger partial charge in [-0.3, -0.25) is 9.59 Å². The van der Waals surface area contributed by atoms with E-state index in [0.717, 1.165) is 16.8 Å². The van der Waals surface area contributed by atoms with E-state index in [1.165, 1.54) is 12.0 Å². The number of imide groups is 1. The van der Waals surface area contributed by atoms with Gasteiger partial charge in [0.25, 0.3) is 5.91 Å². The highest BCUT2D eigenvalue weighted by atomic mass is 16.5. The summed E-state index contributed by atoms with van der Waals surface area (Å²) in [5.41, 5.74) is 3.40. The van der Waals surface area contributed by atoms with E-state index in [4.69, 9.17) is 9.47 Å². The van der Waals surface area contributed by atoms with E-state index >= 15 is 0 Å². The standard InChI is InChI=1S/C20H22N2O4/c1-12-5-6-13(2)15(9-12)21-16-11-19(23)22(20(16)24)17-8-7-14(25-3)10-18(17)26-4/h5-10,16,21H,11H2,1-4H3. The third-order valence-corrected chi connectivity index (χ3v) is 4.50. The summed E-state index contributed by atoms with van der Waals surface area (Å²) in [4.78, 5) is 26.6. The number of hydrogen-bond acceptors (Lipinski definition) is 5. The second-order valence-electron chi connectivity index (χ2n) is 6.32. The molecule has 1 atom stereocenters. The Morgan fingerprint density at radius 3 is 2.50 bits per heavy atom. The van der Waals surface area contributed by atoms with Gasteiger partial charge in [0.2, 0.25) is 5.91 Å². The molecule has 1 saturated heterocycles. The number of anilines is 2. The van der Waals surface area contributed by atoms with Gasteiger partial charge in [-0.15, -0.1) is 0 Å². The van der Waals surface area contributed by atoms with Crippen LogP contribution in [0, 0.1) is 13.8 Å². The fraction of sp³-hybridized carbons (Fsp3) is 0.300. The minimum absolute atomic E-state index is 0.0986. The number of methoxy groups -OCH3 is 2. The van der Waals surface area contributed by atoms with Crippen molar-refractivity contribution in [2.45, 2.75) is 26.3 Å². The Bertz CT molecular complexity index is 863. The zero-order valence-corrected chi connectivity index (χ0v) is 15.3. The molecule has 0 spiro atoms. The molecule has 136 valence electrons. The molecule has 26 heavy (non-hydrogen) atoms. The first-order valence-corrected chi connectivity index (χ1v) is 8.37. The SMILES string of the molecule is COc1ccc(N2C(=O)CC(Nc3cc(C)ccc3C)C2=O)c(OC)c1. The van der Waals surface area contributed by atoms with Crippen LogP contribution in [0.5, 0.6) is 11.5 Å². The van der Waals surface area contributed by atoms with Crippen LogP contribution in [0.25, 0.3) is 0 Å². The molecule has 0 saturated carbocycles. The van der Waals surface area contributed by atoms with Crippen molar-refractivity contribution in [1.29, 1.82) is 0 Å². The molecule has 1 aliphatic rings. The lowest BCUT2D eigenvalue weighted by molar-refractivity contribution is -0.121. The van der Waals surface area contributed by atoms with Gasteiger partial charge in [-0.25, -0.2) is 4.90 Å². The molecular formula is C20H22N2O4. The van der Waals surface area contributed by atoms with Gasteiger partial charge in [-0.1, -0.05) is 12.1 Å². The van der Waals surface area contributed by atoms with Gasteiger partial charge in [-0.2, -0.15) is 0 Å². The number of aryl methyl sites for hydroxylation is 2. The van der Waals surface area contributed by atoms with Crippen molar-refractivity contribution in [3.05, 3.63) is 47.5 Å². The van der Waals surface area contributed by atoms with E-state index in [9.17, 15) is 9.59 Å². The highest BCUT2D eigenvalue weighted by Crippen LogP contribution is 2.35. The van der Waals surface area contributed by atoms with Crippen molar-refractivity contribution >= 4 is 23.2 Å². The molecule has 6 nitrogen and oxygen atoms in total. The minimum Gasteiger partial charge on any atom is -0.497 e. The number of nitrogens with zero attached hydrogens (tertiary/aromatic N) is 1. The van der Waals surface area contributed by atoms with Crippen LogP contribution in [0.15, 0.2) is 36.4 Å². The third kappa shape index (κ3) is 3.22. The van der Waals surface area contributed by atoms with Crippen LogP contribution >= 0.6 is 0 Å². The lowest BCUT2D eigenvalue weighted by Gasteiger charge is -2.19. The van der Waals surface area contributed by atoms with Gasteiger partial charge in [0, 0.05) is 11.8 Å². The van der Waals surface area contributed by atoms with Gasteiger partial charge in [0.05, 0.1) is 26.3 Å². The zero-order valence-electron chi connectivity index (χ0n) is 15.3. The zero-order chi connectivity index (χ0) is 18.8. The second-order valence-corrected chi connectivity index (χ2v) is 6.32. The number of carbonyl (C=O) groups excluding carboxylic acids is 2. The second kappa shape index (κ2) is 7.07. The first-order valence-electron chi connectivity index (χ1n) is 8.37. The Morgan fingerprint density at radius 2 is 1.81 bits per heavy atom. The molecule has 1 aliphatic heterocycles. The number of carbonyl (C=O) groups is 2. The summed E-state index contributed by atoms with van der Waals surface area (Å²) in [6.45, 7) is 3.95. The predicted octanol–water partition coefficient (Wildman–Crippen LogP) is 3.06. The first-order chi connectivity index (χ1) is 12.4. The molecule has 0 bridgehead atoms. The van der Waals surface area contributed by atoms with E-state index in [2.05, 4.69) is 5.32 Å². The average molecular weight is 354 g/mol. The van der Waals surface area contributed by atoms with Crippen LogP contribution < -0.4 is 19.7 Å². The first kappa shape index (κ1) is 17.8. The van der Waals surface area contributed by atoms with E-state index in [0.29, 0.717) is 17.2 Å². The maximum absolute atomic E-state index is 12.9. The quantitative estimate of drug-likeness (QED) is 0.836. The lowest BCUT2D eigenvalue weighted by Crippen LogP contribution is -2.35. The summed E-state index contributed by atoms with van der Waals surface area (Å²) in [6, 6.07) is 10.4. The molecule has 1 unspecified atom stereocenters. The van der Waals surface area contributed by atoms with E-state index in [-0.39, 0.29) is 18.2 Å². The summed E-state index contributed by atoms with van der Waals surface area (Å²) < 4.78 is 10.5. The van der Waals surface area contributed by atoms with Crippen molar-refractivity contribution in [3.63, 3.8) is 0 Å². The van der Waals surface area contributed by atoms with Crippen LogP contribution in [0.4, 0.5) is 11.4 Å². The Morgan fingerprint density at radius 1 is 1.04 bits per heavy atom. The Hall–Kier alpha value is -3.02. The fourth-order valence-electron chi connectivity index (χ4n) is 3.05. The largest absolute Gasteiger partial charge is 0.497 e. The molecule has 0 radical (unpaired) electrons. The number of nitrogens with one attached hydrogen (secondary N) is 1. The molecule has 6 heteroatoms. The van der Waals surface area contributed by atoms with Crippen LogP contribution in [-0.4, -0.2) is 32.1 Å². The summed E-state index contributed by atoms with van der Waals surface area (Å²) in [7, 11) is 3.04. The van der Waals surface area contributed by atoms with Crippen molar-refractivity contribution in [1.82, 2.24) is 0 Å². The highest BCUT2D eigenvalue weighted by Gasteiger charge is 2.41. The molecule has 2 aromatic carbocycles. The number of benzene rings is 2. The van der Waals surface area contributed by atoms with E-state index < -0.39 is 6.04 Å². The number of rotatable bonds is 5. The highest BCUT2D eigenvalue weighted by molar-refractivity contribution is 6.23. The average Bonchev–Trinajstić information content (AvgIpc) is 2.91. The Balaban J connectivity index is 1.89. The molecule has 2 aromatic rings. The van der Waals surface area contributed by atoms with E-state index in [1.807, 2.05) is 32.0 Å². The molecular weight excluding hydrogens is 332 g/mol. The maximum Gasteiger partial charge on any atom is 0.256 e. The topological polar surface area (TPSA) is 67.9 Å². The van der Waals surface area contributed by atoms with Crippen molar-refractivity contribution in [3.8, 4) is 11.5 Å². The number of hydrogen-bond donors (Lipinski definition) is 1. The molecule has 1 heterocycles. The minimum atomic E-state index is -0.602. The van der Waals surface area contributed by atoms with Crippen molar-refractivity contribution in [2.75, 3.05) is 24.4 Å². The molecule has 1 fully saturated rings. The summed E-state index contributed by atoms with van der Waals surface area (Å²) in [6.07, 6.45) is 0.0986. The predicted molar refractivity (Wildman–Crippen MR) is 100.0 cm³/mol. The molecule has 1 N–H and O–H groups in total. The van der Waals surface area contributed by atoms with Crippen LogP contribution in [0.2, 0.25) is 0 Å². The smallest absolute Gasteiger partial charge is 0.256 e. The van der Waals surface area contributed by atoms with Crippen LogP contribution in [0.1, 0.15) is 17.5 Å². The van der Waals surface area contributed by atoms with Gasteiger partial charge < -0.3 is 14.8 Å². The van der Waals surface area contributed by atoms with Crippen LogP contribution in [-0.2, 0) is 9.59 Å². The van der Waals surface area contributed by atoms with Crippen LogP contribution in [0.3, 0.4) is 0 Å². The molecule has 2 amide bonds. The van der Waals surface area contributed by atoms with E-state index in [1.54, 1.807) is 25.3 Å². The third-order valence-electron chi connectivity index (χ3n) is 4.50. The van der Waals surface area contributed by atoms with Crippen molar-refractivity contribution in [2.24, 2.45) is 0 Å². The fourth-order valence-corrected chi connectivity index (χ4v) is 3.05. The summed E-state index contributed by atoms with van der Waals surface area (Å²) >= 11 is 0. The van der Waals surface area contributed by atoms with Gasteiger partial charge >= 0.3 is 0 Å².